The van der Waals surface area contributed by atoms with Gasteiger partial charge >= 0.3 is 5.97 Å². The molecule has 180 valence electrons. The Balaban J connectivity index is 1.43. The van der Waals surface area contributed by atoms with Crippen molar-refractivity contribution >= 4 is 16.9 Å². The van der Waals surface area contributed by atoms with Gasteiger partial charge in [-0.15, -0.1) is 0 Å². The molecule has 0 spiro atoms. The van der Waals surface area contributed by atoms with Gasteiger partial charge in [0.05, 0.1) is 10.9 Å². The maximum atomic E-state index is 15.0. The van der Waals surface area contributed by atoms with Gasteiger partial charge in [-0.25, -0.2) is 9.18 Å². The van der Waals surface area contributed by atoms with Crippen molar-refractivity contribution in [2.75, 3.05) is 6.61 Å². The molecule has 0 unspecified atom stereocenters. The van der Waals surface area contributed by atoms with E-state index in [4.69, 9.17) is 9.47 Å². The van der Waals surface area contributed by atoms with Gasteiger partial charge in [-0.2, -0.15) is 0 Å². The molecular weight excluding hydrogens is 459 g/mol. The Hall–Kier alpha value is -3.23. The van der Waals surface area contributed by atoms with E-state index in [0.717, 1.165) is 27.5 Å². The van der Waals surface area contributed by atoms with Crippen molar-refractivity contribution in [2.24, 2.45) is 5.92 Å². The van der Waals surface area contributed by atoms with Gasteiger partial charge in [-0.05, 0) is 63.1 Å². The van der Waals surface area contributed by atoms with Crippen LogP contribution in [0.3, 0.4) is 0 Å². The highest BCUT2D eigenvalue weighted by molar-refractivity contribution is 7.97. The van der Waals surface area contributed by atoms with Gasteiger partial charge in [-0.1, -0.05) is 61.1 Å². The molecule has 0 atom stereocenters. The lowest BCUT2D eigenvalue weighted by atomic mass is 10.1. The number of esters is 1. The second-order valence-electron chi connectivity index (χ2n) is 9.05. The predicted molar refractivity (Wildman–Crippen MR) is 137 cm³/mol. The zero-order chi connectivity index (χ0) is 24.7. The van der Waals surface area contributed by atoms with E-state index in [1.807, 2.05) is 66.7 Å². The smallest absolute Gasteiger partial charge is 0.345 e. The Labute approximate surface area is 210 Å². The maximum absolute atomic E-state index is 15.0. The van der Waals surface area contributed by atoms with E-state index in [9.17, 15) is 4.79 Å². The summed E-state index contributed by atoms with van der Waals surface area (Å²) in [5, 5.41) is 0. The van der Waals surface area contributed by atoms with Crippen LogP contribution >= 0.6 is 0 Å². The van der Waals surface area contributed by atoms with Gasteiger partial charge in [0.15, 0.2) is 38.5 Å². The van der Waals surface area contributed by atoms with Crippen molar-refractivity contribution in [3.63, 3.8) is 0 Å². The fourth-order valence-electron chi connectivity index (χ4n) is 4.07. The van der Waals surface area contributed by atoms with Crippen molar-refractivity contribution in [3.05, 3.63) is 84.7 Å². The molecule has 3 nitrogen and oxygen atoms in total. The fourth-order valence-corrected chi connectivity index (χ4v) is 6.17. The normalized spacial score (nSPS) is 13.8. The summed E-state index contributed by atoms with van der Waals surface area (Å²) in [5.41, 5.74) is -0.912. The molecule has 0 radical (unpaired) electrons. The van der Waals surface area contributed by atoms with Crippen LogP contribution in [0.15, 0.2) is 93.5 Å². The quantitative estimate of drug-likeness (QED) is 0.208. The molecule has 0 aliphatic heterocycles. The van der Waals surface area contributed by atoms with E-state index in [1.54, 1.807) is 19.9 Å². The number of carbonyl (C=O) groups excluding carboxylic acids is 1. The van der Waals surface area contributed by atoms with Crippen LogP contribution in [-0.4, -0.2) is 18.2 Å². The molecule has 0 aromatic heterocycles. The number of rotatable bonds is 7. The van der Waals surface area contributed by atoms with Crippen LogP contribution in [0.2, 0.25) is 0 Å². The number of halogens is 1. The molecule has 0 bridgehead atoms. The summed E-state index contributed by atoms with van der Waals surface area (Å²) in [6.07, 6.45) is 4.61. The first-order valence-electron chi connectivity index (χ1n) is 11.9. The SMILES string of the molecule is CC(C)(C#CC1CCCC1)OC(=O)COc1ccc([S+](c2ccccc2)c2ccccc2)cc1F. The average Bonchev–Trinajstić information content (AvgIpc) is 3.38. The van der Waals surface area contributed by atoms with E-state index in [2.05, 4.69) is 11.8 Å². The molecule has 0 saturated heterocycles. The number of carbonyl (C=O) groups is 1. The van der Waals surface area contributed by atoms with Crippen molar-refractivity contribution in [1.29, 1.82) is 0 Å². The van der Waals surface area contributed by atoms with Crippen molar-refractivity contribution in [1.82, 2.24) is 0 Å². The molecule has 1 saturated carbocycles. The fraction of sp³-hybridized carbons (Fsp3) is 0.300. The van der Waals surface area contributed by atoms with Gasteiger partial charge in [0, 0.05) is 12.0 Å². The van der Waals surface area contributed by atoms with Crippen molar-refractivity contribution in [3.8, 4) is 17.6 Å². The molecule has 1 fully saturated rings. The third-order valence-corrected chi connectivity index (χ3v) is 7.96. The van der Waals surface area contributed by atoms with Crippen LogP contribution in [0.4, 0.5) is 4.39 Å². The van der Waals surface area contributed by atoms with Gasteiger partial charge < -0.3 is 9.47 Å². The van der Waals surface area contributed by atoms with Crippen molar-refractivity contribution in [2.45, 2.75) is 59.8 Å². The molecule has 5 heteroatoms. The molecule has 0 N–H and O–H groups in total. The van der Waals surface area contributed by atoms with Crippen LogP contribution in [0.5, 0.6) is 5.75 Å². The zero-order valence-electron chi connectivity index (χ0n) is 20.1. The summed E-state index contributed by atoms with van der Waals surface area (Å²) < 4.78 is 26.0. The summed E-state index contributed by atoms with van der Waals surface area (Å²) in [7, 11) is -0.465. The Morgan fingerprint density at radius 1 is 0.943 bits per heavy atom. The largest absolute Gasteiger partial charge is 0.479 e. The Morgan fingerprint density at radius 3 is 2.11 bits per heavy atom. The molecule has 0 heterocycles. The van der Waals surface area contributed by atoms with E-state index in [1.165, 1.54) is 18.9 Å². The van der Waals surface area contributed by atoms with E-state index in [0.29, 0.717) is 5.92 Å². The first kappa shape index (κ1) is 24.9. The number of ether oxygens (including phenoxy) is 2. The minimum Gasteiger partial charge on any atom is -0.479 e. The van der Waals surface area contributed by atoms with Crippen LogP contribution in [-0.2, 0) is 20.4 Å². The van der Waals surface area contributed by atoms with E-state index < -0.39 is 28.3 Å². The van der Waals surface area contributed by atoms with E-state index >= 15 is 4.39 Å². The molecule has 35 heavy (non-hydrogen) atoms. The molecule has 3 aromatic carbocycles. The molecule has 0 amide bonds. The first-order valence-corrected chi connectivity index (χ1v) is 13.1. The highest BCUT2D eigenvalue weighted by atomic mass is 32.2. The van der Waals surface area contributed by atoms with Crippen molar-refractivity contribution < 1.29 is 18.7 Å². The second-order valence-corrected chi connectivity index (χ2v) is 11.1. The monoisotopic (exact) mass is 489 g/mol. The number of hydrogen-bond acceptors (Lipinski definition) is 3. The average molecular weight is 490 g/mol. The van der Waals surface area contributed by atoms with Crippen LogP contribution < -0.4 is 4.74 Å². The lowest BCUT2D eigenvalue weighted by Gasteiger charge is -2.19. The summed E-state index contributed by atoms with van der Waals surface area (Å²) in [5.74, 6) is 5.61. The third-order valence-electron chi connectivity index (χ3n) is 5.74. The van der Waals surface area contributed by atoms with Crippen LogP contribution in [0.1, 0.15) is 39.5 Å². The number of hydrogen-bond donors (Lipinski definition) is 0. The molecule has 3 aromatic rings. The molecule has 4 rings (SSSR count). The Morgan fingerprint density at radius 2 is 1.54 bits per heavy atom. The highest BCUT2D eigenvalue weighted by Gasteiger charge is 2.29. The topological polar surface area (TPSA) is 35.5 Å². The predicted octanol–water partition coefficient (Wildman–Crippen LogP) is 6.82. The molecular formula is C30H30FO3S+. The summed E-state index contributed by atoms with van der Waals surface area (Å²) in [6.45, 7) is 3.14. The molecule has 1 aliphatic rings. The summed E-state index contributed by atoms with van der Waals surface area (Å²) >= 11 is 0. The Kier molecular flexibility index (Phi) is 8.15. The first-order chi connectivity index (χ1) is 16.9. The zero-order valence-corrected chi connectivity index (χ0v) is 20.9. The summed E-state index contributed by atoms with van der Waals surface area (Å²) in [6, 6.07) is 25.0. The van der Waals surface area contributed by atoms with Gasteiger partial charge in [-0.3, -0.25) is 0 Å². The Bertz CT molecular complexity index is 1150. The van der Waals surface area contributed by atoms with Crippen LogP contribution in [0, 0.1) is 23.6 Å². The van der Waals surface area contributed by atoms with E-state index in [-0.39, 0.29) is 12.4 Å². The van der Waals surface area contributed by atoms with Gasteiger partial charge in [0.2, 0.25) is 0 Å². The van der Waals surface area contributed by atoms with Crippen LogP contribution in [0.25, 0.3) is 0 Å². The summed E-state index contributed by atoms with van der Waals surface area (Å²) in [4.78, 5) is 15.4. The standard InChI is InChI=1S/C30H30FO3S/c1-30(2,20-19-23-11-9-10-12-23)34-29(32)22-33-28-18-17-26(21-27(28)31)35(24-13-5-3-6-14-24)25-15-7-4-8-16-25/h3-8,13-18,21,23H,9-12,22H2,1-2H3/q+1. The maximum Gasteiger partial charge on any atom is 0.345 e. The highest BCUT2D eigenvalue weighted by Crippen LogP contribution is 2.33. The lowest BCUT2D eigenvalue weighted by Crippen LogP contribution is -2.29. The van der Waals surface area contributed by atoms with Gasteiger partial charge in [0.25, 0.3) is 0 Å². The minimum absolute atomic E-state index is 0.0187. The lowest BCUT2D eigenvalue weighted by molar-refractivity contribution is -0.154. The minimum atomic E-state index is -0.912. The van der Waals surface area contributed by atoms with Gasteiger partial charge in [0.1, 0.15) is 0 Å². The third kappa shape index (κ3) is 6.90. The molecule has 1 aliphatic carbocycles. The second kappa shape index (κ2) is 11.5. The number of benzene rings is 3.